The van der Waals surface area contributed by atoms with E-state index in [9.17, 15) is 13.2 Å². The first-order valence-corrected chi connectivity index (χ1v) is 10.7. The third kappa shape index (κ3) is 4.63. The van der Waals surface area contributed by atoms with Crippen LogP contribution in [-0.4, -0.2) is 48.9 Å². The van der Waals surface area contributed by atoms with Gasteiger partial charge in [-0.2, -0.15) is 0 Å². The Morgan fingerprint density at radius 3 is 2.41 bits per heavy atom. The Balaban J connectivity index is 1.65. The number of hydrogen-bond donors (Lipinski definition) is 1. The second kappa shape index (κ2) is 7.64. The molecule has 7 nitrogen and oxygen atoms in total. The smallest absolute Gasteiger partial charge is 0.275 e. The normalized spacial score (nSPS) is 18.4. The van der Waals surface area contributed by atoms with Crippen LogP contribution < -0.4 is 10.2 Å². The lowest BCUT2D eigenvalue weighted by atomic mass is 10.0. The van der Waals surface area contributed by atoms with E-state index in [4.69, 9.17) is 0 Å². The zero-order valence-electron chi connectivity index (χ0n) is 15.7. The lowest BCUT2D eigenvalue weighted by Crippen LogP contribution is -2.33. The maximum Gasteiger partial charge on any atom is 0.275 e. The number of sulfone groups is 1. The average Bonchev–Trinajstić information content (AvgIpc) is 3.01. The summed E-state index contributed by atoms with van der Waals surface area (Å²) < 4.78 is 23.3. The molecule has 1 aromatic carbocycles. The highest BCUT2D eigenvalue weighted by atomic mass is 32.2. The standard InChI is InChI=1S/C19H24N4O3S/c1-13(2)14-4-6-15(7-5-14)22-19(24)17-10-21-18(11-20-17)23(3)16-8-9-27(25,26)12-16/h4-7,10-11,13,16H,8-9,12H2,1-3H3,(H,22,24). The molecule has 1 aliphatic heterocycles. The Hall–Kier alpha value is -2.48. The SMILES string of the molecule is CC(C)c1ccc(NC(=O)c2cnc(N(C)C3CCS(=O)(=O)C3)cn2)cc1. The molecule has 0 aliphatic carbocycles. The van der Waals surface area contributed by atoms with Crippen LogP contribution in [0.1, 0.15) is 42.2 Å². The first-order chi connectivity index (χ1) is 12.7. The molecule has 1 N–H and O–H groups in total. The second-order valence-electron chi connectivity index (χ2n) is 7.16. The van der Waals surface area contributed by atoms with Crippen molar-refractivity contribution >= 4 is 27.2 Å². The summed E-state index contributed by atoms with van der Waals surface area (Å²) in [5.41, 5.74) is 2.11. The fourth-order valence-corrected chi connectivity index (χ4v) is 4.81. The molecule has 1 aliphatic rings. The van der Waals surface area contributed by atoms with Gasteiger partial charge in [0.2, 0.25) is 0 Å². The Bertz CT molecular complexity index is 909. The first-order valence-electron chi connectivity index (χ1n) is 8.92. The number of aromatic nitrogens is 2. The molecule has 0 radical (unpaired) electrons. The molecule has 1 aromatic heterocycles. The molecule has 1 unspecified atom stereocenters. The van der Waals surface area contributed by atoms with Crippen LogP contribution in [-0.2, 0) is 9.84 Å². The van der Waals surface area contributed by atoms with Gasteiger partial charge in [-0.3, -0.25) is 4.79 Å². The van der Waals surface area contributed by atoms with Crippen LogP contribution in [0.4, 0.5) is 11.5 Å². The van der Waals surface area contributed by atoms with E-state index in [0.29, 0.717) is 23.8 Å². The molecule has 2 aromatic rings. The molecule has 8 heteroatoms. The minimum absolute atomic E-state index is 0.108. The quantitative estimate of drug-likeness (QED) is 0.846. The van der Waals surface area contributed by atoms with Crippen molar-refractivity contribution in [3.8, 4) is 0 Å². The van der Waals surface area contributed by atoms with Gasteiger partial charge < -0.3 is 10.2 Å². The molecule has 0 saturated carbocycles. The minimum atomic E-state index is -2.97. The molecule has 144 valence electrons. The number of rotatable bonds is 5. The van der Waals surface area contributed by atoms with Gasteiger partial charge in [-0.05, 0) is 30.0 Å². The monoisotopic (exact) mass is 388 g/mol. The van der Waals surface area contributed by atoms with E-state index < -0.39 is 9.84 Å². The van der Waals surface area contributed by atoms with Gasteiger partial charge in [-0.15, -0.1) is 0 Å². The minimum Gasteiger partial charge on any atom is -0.354 e. The van der Waals surface area contributed by atoms with Crippen molar-refractivity contribution < 1.29 is 13.2 Å². The molecule has 0 spiro atoms. The highest BCUT2D eigenvalue weighted by molar-refractivity contribution is 7.91. The number of benzene rings is 1. The largest absolute Gasteiger partial charge is 0.354 e. The lowest BCUT2D eigenvalue weighted by molar-refractivity contribution is 0.102. The van der Waals surface area contributed by atoms with Gasteiger partial charge in [0.15, 0.2) is 9.84 Å². The molecule has 1 atom stereocenters. The molecular weight excluding hydrogens is 364 g/mol. The van der Waals surface area contributed by atoms with E-state index in [2.05, 4.69) is 29.1 Å². The predicted molar refractivity (Wildman–Crippen MR) is 106 cm³/mol. The van der Waals surface area contributed by atoms with Crippen molar-refractivity contribution in [2.24, 2.45) is 0 Å². The number of hydrogen-bond acceptors (Lipinski definition) is 6. The Kier molecular flexibility index (Phi) is 5.46. The number of amides is 1. The summed E-state index contributed by atoms with van der Waals surface area (Å²) in [7, 11) is -1.17. The van der Waals surface area contributed by atoms with Gasteiger partial charge in [-0.1, -0.05) is 26.0 Å². The fraction of sp³-hybridized carbons (Fsp3) is 0.421. The third-order valence-electron chi connectivity index (χ3n) is 4.82. The summed E-state index contributed by atoms with van der Waals surface area (Å²) in [6, 6.07) is 7.59. The van der Waals surface area contributed by atoms with Crippen LogP contribution in [0.15, 0.2) is 36.7 Å². The van der Waals surface area contributed by atoms with Gasteiger partial charge in [0.05, 0.1) is 23.9 Å². The van der Waals surface area contributed by atoms with Crippen molar-refractivity contribution in [3.05, 3.63) is 47.9 Å². The van der Waals surface area contributed by atoms with Crippen molar-refractivity contribution in [2.45, 2.75) is 32.2 Å². The Labute approximate surface area is 159 Å². The molecule has 2 heterocycles. The number of carbonyl (C=O) groups excluding carboxylic acids is 1. The zero-order chi connectivity index (χ0) is 19.6. The maximum absolute atomic E-state index is 12.3. The summed E-state index contributed by atoms with van der Waals surface area (Å²) in [6.45, 7) is 4.23. The van der Waals surface area contributed by atoms with Crippen LogP contribution in [0, 0.1) is 0 Å². The van der Waals surface area contributed by atoms with Crippen molar-refractivity contribution in [3.63, 3.8) is 0 Å². The Morgan fingerprint density at radius 2 is 1.89 bits per heavy atom. The predicted octanol–water partition coefficient (Wildman–Crippen LogP) is 2.48. The van der Waals surface area contributed by atoms with E-state index in [0.717, 1.165) is 0 Å². The lowest BCUT2D eigenvalue weighted by Gasteiger charge is -2.24. The van der Waals surface area contributed by atoms with Crippen LogP contribution in [0.5, 0.6) is 0 Å². The zero-order valence-corrected chi connectivity index (χ0v) is 16.5. The van der Waals surface area contributed by atoms with Crippen molar-refractivity contribution in [1.29, 1.82) is 0 Å². The molecule has 1 fully saturated rings. The molecular formula is C19H24N4O3S. The van der Waals surface area contributed by atoms with Crippen LogP contribution in [0.3, 0.4) is 0 Å². The highest BCUT2D eigenvalue weighted by Crippen LogP contribution is 2.21. The van der Waals surface area contributed by atoms with Crippen LogP contribution in [0.25, 0.3) is 0 Å². The maximum atomic E-state index is 12.3. The van der Waals surface area contributed by atoms with Gasteiger partial charge in [0, 0.05) is 18.8 Å². The Morgan fingerprint density at radius 1 is 1.19 bits per heavy atom. The van der Waals surface area contributed by atoms with E-state index in [1.165, 1.54) is 18.0 Å². The van der Waals surface area contributed by atoms with Crippen LogP contribution in [0.2, 0.25) is 0 Å². The molecule has 27 heavy (non-hydrogen) atoms. The van der Waals surface area contributed by atoms with E-state index >= 15 is 0 Å². The number of nitrogens with zero attached hydrogens (tertiary/aromatic N) is 3. The van der Waals surface area contributed by atoms with Crippen molar-refractivity contribution in [1.82, 2.24) is 9.97 Å². The number of carbonyl (C=O) groups is 1. The number of nitrogens with one attached hydrogen (secondary N) is 1. The van der Waals surface area contributed by atoms with Gasteiger partial charge in [-0.25, -0.2) is 18.4 Å². The molecule has 0 bridgehead atoms. The summed E-state index contributed by atoms with van der Waals surface area (Å²) in [4.78, 5) is 22.6. The topological polar surface area (TPSA) is 92.3 Å². The second-order valence-corrected chi connectivity index (χ2v) is 9.39. The first kappa shape index (κ1) is 19.3. The fourth-order valence-electron chi connectivity index (χ4n) is 3.03. The summed E-state index contributed by atoms with van der Waals surface area (Å²) >= 11 is 0. The van der Waals surface area contributed by atoms with Gasteiger partial charge in [0.1, 0.15) is 11.5 Å². The van der Waals surface area contributed by atoms with E-state index in [1.807, 2.05) is 29.2 Å². The van der Waals surface area contributed by atoms with E-state index in [-0.39, 0.29) is 29.1 Å². The van der Waals surface area contributed by atoms with Crippen molar-refractivity contribution in [2.75, 3.05) is 28.8 Å². The summed E-state index contributed by atoms with van der Waals surface area (Å²) in [6.07, 6.45) is 3.49. The van der Waals surface area contributed by atoms with Crippen LogP contribution >= 0.6 is 0 Å². The summed E-state index contributed by atoms with van der Waals surface area (Å²) in [5, 5.41) is 2.80. The van der Waals surface area contributed by atoms with Gasteiger partial charge in [0.25, 0.3) is 5.91 Å². The molecule has 1 amide bonds. The summed E-state index contributed by atoms with van der Waals surface area (Å²) in [5.74, 6) is 0.970. The van der Waals surface area contributed by atoms with Gasteiger partial charge >= 0.3 is 0 Å². The molecule has 3 rings (SSSR count). The average molecular weight is 388 g/mol. The van der Waals surface area contributed by atoms with E-state index in [1.54, 1.807) is 7.05 Å². The molecule has 1 saturated heterocycles. The highest BCUT2D eigenvalue weighted by Gasteiger charge is 2.31. The number of anilines is 2. The third-order valence-corrected chi connectivity index (χ3v) is 6.57.